The van der Waals surface area contributed by atoms with Gasteiger partial charge in [-0.15, -0.1) is 22.7 Å². The van der Waals surface area contributed by atoms with E-state index >= 15 is 0 Å². The summed E-state index contributed by atoms with van der Waals surface area (Å²) in [5.41, 5.74) is 1.33. The highest BCUT2D eigenvalue weighted by atomic mass is 32.1. The molecule has 0 spiro atoms. The molecule has 1 N–H and O–H groups in total. The fraction of sp³-hybridized carbons (Fsp3) is 0.167. The number of ether oxygens (including phenoxy) is 1. The number of esters is 1. The Bertz CT molecular complexity index is 871. The lowest BCUT2D eigenvalue weighted by Gasteiger charge is -2.02. The summed E-state index contributed by atoms with van der Waals surface area (Å²) in [7, 11) is 0. The Balaban J connectivity index is 1.51. The Morgan fingerprint density at radius 3 is 2.68 bits per heavy atom. The summed E-state index contributed by atoms with van der Waals surface area (Å²) in [6, 6.07) is 13.5. The van der Waals surface area contributed by atoms with Crippen LogP contribution in [-0.2, 0) is 11.3 Å². The van der Waals surface area contributed by atoms with Crippen LogP contribution in [0.2, 0.25) is 0 Å². The lowest BCUT2D eigenvalue weighted by molar-refractivity contribution is 0.0471. The van der Waals surface area contributed by atoms with Crippen molar-refractivity contribution in [2.75, 3.05) is 11.9 Å². The Labute approximate surface area is 153 Å². The summed E-state index contributed by atoms with van der Waals surface area (Å²) >= 11 is 2.71. The third-order valence-corrected chi connectivity index (χ3v) is 5.19. The van der Waals surface area contributed by atoms with E-state index in [1.54, 1.807) is 11.4 Å². The second kappa shape index (κ2) is 8.04. The fourth-order valence-electron chi connectivity index (χ4n) is 2.08. The molecular formula is C18H16N2O3S2. The number of Topliss-reactive ketones (excluding diaryl/α,β-unsaturated/α-hetero) is 1. The van der Waals surface area contributed by atoms with E-state index in [-0.39, 0.29) is 18.1 Å². The lowest BCUT2D eigenvalue weighted by atomic mass is 10.2. The second-order valence-electron chi connectivity index (χ2n) is 5.29. The van der Waals surface area contributed by atoms with Gasteiger partial charge in [-0.25, -0.2) is 9.78 Å². The molecule has 0 saturated carbocycles. The molecule has 5 nitrogen and oxygen atoms in total. The van der Waals surface area contributed by atoms with Crippen LogP contribution in [0.4, 0.5) is 5.13 Å². The molecule has 0 fully saturated rings. The average Bonchev–Trinajstić information content (AvgIpc) is 3.27. The molecular weight excluding hydrogens is 356 g/mol. The largest absolute Gasteiger partial charge is 0.453 e. The number of nitrogens with one attached hydrogen (secondary N) is 1. The molecule has 1 aromatic carbocycles. The van der Waals surface area contributed by atoms with Crippen LogP contribution in [0.15, 0.2) is 47.8 Å². The van der Waals surface area contributed by atoms with Crippen LogP contribution >= 0.6 is 22.7 Å². The Kier molecular flexibility index (Phi) is 5.57. The van der Waals surface area contributed by atoms with E-state index in [9.17, 15) is 9.59 Å². The van der Waals surface area contributed by atoms with Gasteiger partial charge in [0.15, 0.2) is 17.4 Å². The van der Waals surface area contributed by atoms with Crippen molar-refractivity contribution in [2.45, 2.75) is 13.5 Å². The fourth-order valence-corrected chi connectivity index (χ4v) is 3.55. The molecule has 0 amide bonds. The predicted octanol–water partition coefficient (Wildman–Crippen LogP) is 4.16. The first-order chi connectivity index (χ1) is 12.1. The normalized spacial score (nSPS) is 10.4. The van der Waals surface area contributed by atoms with Crippen molar-refractivity contribution in [3.8, 4) is 0 Å². The molecule has 7 heteroatoms. The molecule has 0 aliphatic heterocycles. The van der Waals surface area contributed by atoms with E-state index in [1.807, 2.05) is 43.3 Å². The molecule has 3 aromatic rings. The summed E-state index contributed by atoms with van der Waals surface area (Å²) in [5.74, 6) is -0.797. The zero-order valence-electron chi connectivity index (χ0n) is 13.5. The molecule has 0 saturated heterocycles. The first-order valence-corrected chi connectivity index (χ1v) is 9.31. The highest BCUT2D eigenvalue weighted by molar-refractivity contribution is 7.14. The van der Waals surface area contributed by atoms with Crippen LogP contribution in [0.5, 0.6) is 0 Å². The van der Waals surface area contributed by atoms with E-state index in [1.165, 1.54) is 22.7 Å². The number of thiazole rings is 1. The van der Waals surface area contributed by atoms with Crippen molar-refractivity contribution in [3.05, 3.63) is 68.9 Å². The number of carbonyl (C=O) groups excluding carboxylic acids is 2. The van der Waals surface area contributed by atoms with Gasteiger partial charge in [-0.05, 0) is 24.6 Å². The van der Waals surface area contributed by atoms with Gasteiger partial charge in [-0.3, -0.25) is 4.79 Å². The van der Waals surface area contributed by atoms with Crippen molar-refractivity contribution in [1.82, 2.24) is 4.98 Å². The standard InChI is InChI=1S/C18H16N2O3S2/c1-12-7-8-16(25-12)15(21)10-23-17(22)14-11-24-18(20-14)19-9-13-5-3-2-4-6-13/h2-8,11H,9-10H2,1H3,(H,19,20). The maximum Gasteiger partial charge on any atom is 0.358 e. The van der Waals surface area contributed by atoms with Gasteiger partial charge in [0.1, 0.15) is 0 Å². The van der Waals surface area contributed by atoms with Crippen molar-refractivity contribution < 1.29 is 14.3 Å². The molecule has 0 aliphatic rings. The van der Waals surface area contributed by atoms with Gasteiger partial charge in [-0.1, -0.05) is 30.3 Å². The molecule has 0 aliphatic carbocycles. The van der Waals surface area contributed by atoms with Gasteiger partial charge in [0.25, 0.3) is 0 Å². The van der Waals surface area contributed by atoms with Crippen molar-refractivity contribution in [3.63, 3.8) is 0 Å². The number of aromatic nitrogens is 1. The minimum Gasteiger partial charge on any atom is -0.453 e. The van der Waals surface area contributed by atoms with Crippen LogP contribution < -0.4 is 5.32 Å². The molecule has 0 radical (unpaired) electrons. The maximum absolute atomic E-state index is 12.0. The molecule has 0 atom stereocenters. The Morgan fingerprint density at radius 1 is 1.16 bits per heavy atom. The topological polar surface area (TPSA) is 68.3 Å². The van der Waals surface area contributed by atoms with Gasteiger partial charge < -0.3 is 10.1 Å². The molecule has 0 bridgehead atoms. The van der Waals surface area contributed by atoms with Crippen LogP contribution in [0.1, 0.15) is 30.6 Å². The van der Waals surface area contributed by atoms with Gasteiger partial charge >= 0.3 is 5.97 Å². The second-order valence-corrected chi connectivity index (χ2v) is 7.43. The number of anilines is 1. The minimum absolute atomic E-state index is 0.204. The van der Waals surface area contributed by atoms with Gasteiger partial charge in [0.2, 0.25) is 5.78 Å². The number of hydrogen-bond acceptors (Lipinski definition) is 7. The molecule has 0 unspecified atom stereocenters. The van der Waals surface area contributed by atoms with Gasteiger partial charge in [0.05, 0.1) is 4.88 Å². The van der Waals surface area contributed by atoms with Crippen molar-refractivity contribution >= 4 is 39.6 Å². The SMILES string of the molecule is Cc1ccc(C(=O)COC(=O)c2csc(NCc3ccccc3)n2)s1. The number of carbonyl (C=O) groups is 2. The summed E-state index contributed by atoms with van der Waals surface area (Å²) in [4.78, 5) is 29.8. The minimum atomic E-state index is -0.592. The maximum atomic E-state index is 12.0. The highest BCUT2D eigenvalue weighted by Gasteiger charge is 2.16. The number of nitrogens with zero attached hydrogens (tertiary/aromatic N) is 1. The number of hydrogen-bond donors (Lipinski definition) is 1. The number of thiophene rings is 1. The quantitative estimate of drug-likeness (QED) is 0.498. The average molecular weight is 372 g/mol. The molecule has 128 valence electrons. The Hall–Kier alpha value is -2.51. The smallest absolute Gasteiger partial charge is 0.358 e. The number of benzene rings is 1. The van der Waals surface area contributed by atoms with Crippen molar-refractivity contribution in [1.29, 1.82) is 0 Å². The Morgan fingerprint density at radius 2 is 1.96 bits per heavy atom. The van der Waals surface area contributed by atoms with Gasteiger partial charge in [-0.2, -0.15) is 0 Å². The monoisotopic (exact) mass is 372 g/mol. The third-order valence-electron chi connectivity index (χ3n) is 3.35. The van der Waals surface area contributed by atoms with Crippen LogP contribution in [0.3, 0.4) is 0 Å². The number of aryl methyl sites for hydroxylation is 1. The zero-order valence-corrected chi connectivity index (χ0v) is 15.2. The van der Waals surface area contributed by atoms with Crippen molar-refractivity contribution in [2.24, 2.45) is 0 Å². The third kappa shape index (κ3) is 4.74. The summed E-state index contributed by atoms with van der Waals surface area (Å²) < 4.78 is 5.06. The number of rotatable bonds is 7. The first-order valence-electron chi connectivity index (χ1n) is 7.62. The van der Waals surface area contributed by atoms with Crippen LogP contribution in [-0.4, -0.2) is 23.3 Å². The van der Waals surface area contributed by atoms with Gasteiger partial charge in [0, 0.05) is 16.8 Å². The van der Waals surface area contributed by atoms with E-state index in [0.29, 0.717) is 16.6 Å². The number of ketones is 1. The van der Waals surface area contributed by atoms with Crippen LogP contribution in [0.25, 0.3) is 0 Å². The van der Waals surface area contributed by atoms with E-state index in [4.69, 9.17) is 4.74 Å². The molecule has 2 aromatic heterocycles. The lowest BCUT2D eigenvalue weighted by Crippen LogP contribution is -2.13. The van der Waals surface area contributed by atoms with E-state index in [2.05, 4.69) is 10.3 Å². The van der Waals surface area contributed by atoms with E-state index in [0.717, 1.165) is 10.4 Å². The van der Waals surface area contributed by atoms with Crippen LogP contribution in [0, 0.1) is 6.92 Å². The highest BCUT2D eigenvalue weighted by Crippen LogP contribution is 2.18. The molecule has 25 heavy (non-hydrogen) atoms. The first kappa shape index (κ1) is 17.3. The summed E-state index contributed by atoms with van der Waals surface area (Å²) in [5, 5.41) is 5.42. The van der Waals surface area contributed by atoms with E-state index < -0.39 is 5.97 Å². The summed E-state index contributed by atoms with van der Waals surface area (Å²) in [6.07, 6.45) is 0. The molecule has 2 heterocycles. The zero-order chi connectivity index (χ0) is 17.6. The predicted molar refractivity (Wildman–Crippen MR) is 99.6 cm³/mol. The summed E-state index contributed by atoms with van der Waals surface area (Å²) in [6.45, 7) is 2.27. The molecule has 3 rings (SSSR count).